The number of hydrogen-bond donors (Lipinski definition) is 0. The molecule has 0 spiro atoms. The Kier molecular flexibility index (Phi) is 3.99. The van der Waals surface area contributed by atoms with Gasteiger partial charge < -0.3 is 0 Å². The molecule has 0 radical (unpaired) electrons. The van der Waals surface area contributed by atoms with Crippen LogP contribution in [0.1, 0.15) is 21.7 Å². The van der Waals surface area contributed by atoms with E-state index in [0.29, 0.717) is 5.56 Å². The number of rotatable bonds is 4. The number of Topliss-reactive ketones (excluding diaryl/α,β-unsaturated/α-hetero) is 1. The van der Waals surface area contributed by atoms with E-state index in [-0.39, 0.29) is 18.0 Å². The SMILES string of the molecule is Cc1nn(CC(=O)c2ccc([N+](=O)[O-])cc2)c(C)c1Br. The van der Waals surface area contributed by atoms with E-state index in [0.717, 1.165) is 15.9 Å². The van der Waals surface area contributed by atoms with E-state index < -0.39 is 4.92 Å². The number of carbonyl (C=O) groups excluding carboxylic acids is 1. The Morgan fingerprint density at radius 3 is 2.40 bits per heavy atom. The highest BCUT2D eigenvalue weighted by Gasteiger charge is 2.14. The van der Waals surface area contributed by atoms with Crippen molar-refractivity contribution in [3.05, 3.63) is 55.8 Å². The van der Waals surface area contributed by atoms with Crippen LogP contribution < -0.4 is 0 Å². The van der Waals surface area contributed by atoms with Gasteiger partial charge in [-0.05, 0) is 41.9 Å². The quantitative estimate of drug-likeness (QED) is 0.488. The Morgan fingerprint density at radius 2 is 1.95 bits per heavy atom. The van der Waals surface area contributed by atoms with Gasteiger partial charge in [-0.15, -0.1) is 0 Å². The predicted molar refractivity (Wildman–Crippen MR) is 76.8 cm³/mol. The van der Waals surface area contributed by atoms with E-state index in [1.807, 2.05) is 13.8 Å². The molecule has 1 aromatic heterocycles. The molecule has 6 nitrogen and oxygen atoms in total. The van der Waals surface area contributed by atoms with Crippen molar-refractivity contribution in [1.29, 1.82) is 0 Å². The molecule has 0 unspecified atom stereocenters. The van der Waals surface area contributed by atoms with Crippen LogP contribution in [0.4, 0.5) is 5.69 Å². The van der Waals surface area contributed by atoms with Crippen molar-refractivity contribution >= 4 is 27.4 Å². The number of nitro benzene ring substituents is 1. The molecule has 0 aliphatic heterocycles. The summed E-state index contributed by atoms with van der Waals surface area (Å²) in [6, 6.07) is 5.57. The zero-order chi connectivity index (χ0) is 14.9. The third-order valence-corrected chi connectivity index (χ3v) is 4.13. The number of aromatic nitrogens is 2. The molecule has 20 heavy (non-hydrogen) atoms. The van der Waals surface area contributed by atoms with Gasteiger partial charge in [0.05, 0.1) is 20.8 Å². The molecule has 2 rings (SSSR count). The first-order valence-electron chi connectivity index (χ1n) is 5.87. The molecule has 0 aliphatic rings. The third-order valence-electron chi connectivity index (χ3n) is 2.99. The largest absolute Gasteiger partial charge is 0.292 e. The maximum absolute atomic E-state index is 12.1. The van der Waals surface area contributed by atoms with Crippen molar-refractivity contribution < 1.29 is 9.72 Å². The summed E-state index contributed by atoms with van der Waals surface area (Å²) in [5.74, 6) is -0.141. The van der Waals surface area contributed by atoms with Crippen molar-refractivity contribution in [2.24, 2.45) is 0 Å². The minimum absolute atomic E-state index is 0.0320. The lowest BCUT2D eigenvalue weighted by Gasteiger charge is -2.04. The summed E-state index contributed by atoms with van der Waals surface area (Å²) in [5.41, 5.74) is 2.09. The number of aryl methyl sites for hydroxylation is 1. The first kappa shape index (κ1) is 14.4. The highest BCUT2D eigenvalue weighted by molar-refractivity contribution is 9.10. The fourth-order valence-electron chi connectivity index (χ4n) is 1.83. The fourth-order valence-corrected chi connectivity index (χ4v) is 2.11. The molecule has 0 bridgehead atoms. The van der Waals surface area contributed by atoms with Crippen LogP contribution in [0.25, 0.3) is 0 Å². The molecule has 1 aromatic carbocycles. The summed E-state index contributed by atoms with van der Waals surface area (Å²) in [5, 5.41) is 14.8. The molecule has 7 heteroatoms. The summed E-state index contributed by atoms with van der Waals surface area (Å²) in [6.45, 7) is 3.83. The number of ketones is 1. The van der Waals surface area contributed by atoms with Crippen LogP contribution in [0.2, 0.25) is 0 Å². The zero-order valence-corrected chi connectivity index (χ0v) is 12.5. The first-order valence-corrected chi connectivity index (χ1v) is 6.66. The minimum Gasteiger partial charge on any atom is -0.292 e. The van der Waals surface area contributed by atoms with Crippen LogP contribution >= 0.6 is 15.9 Å². The lowest BCUT2D eigenvalue weighted by Crippen LogP contribution is -2.13. The van der Waals surface area contributed by atoms with Crippen LogP contribution in [0.5, 0.6) is 0 Å². The van der Waals surface area contributed by atoms with Gasteiger partial charge in [0.2, 0.25) is 0 Å². The molecule has 0 saturated heterocycles. The Labute approximate surface area is 123 Å². The number of non-ortho nitro benzene ring substituents is 1. The van der Waals surface area contributed by atoms with Gasteiger partial charge in [0.25, 0.3) is 5.69 Å². The molecular weight excluding hydrogens is 326 g/mol. The summed E-state index contributed by atoms with van der Waals surface area (Å²) < 4.78 is 2.50. The second-order valence-electron chi connectivity index (χ2n) is 4.37. The monoisotopic (exact) mass is 337 g/mol. The van der Waals surface area contributed by atoms with Crippen LogP contribution in [0.15, 0.2) is 28.7 Å². The van der Waals surface area contributed by atoms with Crippen molar-refractivity contribution in [2.75, 3.05) is 0 Å². The minimum atomic E-state index is -0.494. The molecule has 0 amide bonds. The Balaban J connectivity index is 2.19. The second kappa shape index (κ2) is 5.54. The summed E-state index contributed by atoms with van der Waals surface area (Å²) in [6.07, 6.45) is 0. The van der Waals surface area contributed by atoms with Gasteiger partial charge >= 0.3 is 0 Å². The van der Waals surface area contributed by atoms with Crippen molar-refractivity contribution in [3.63, 3.8) is 0 Å². The Hall–Kier alpha value is -2.02. The molecule has 0 fully saturated rings. The zero-order valence-electron chi connectivity index (χ0n) is 11.0. The lowest BCUT2D eigenvalue weighted by atomic mass is 10.1. The predicted octanol–water partition coefficient (Wildman–Crippen LogP) is 3.05. The average Bonchev–Trinajstić information content (AvgIpc) is 2.66. The van der Waals surface area contributed by atoms with Gasteiger partial charge in [0.1, 0.15) is 6.54 Å². The van der Waals surface area contributed by atoms with Crippen LogP contribution in [0, 0.1) is 24.0 Å². The van der Waals surface area contributed by atoms with Gasteiger partial charge in [-0.3, -0.25) is 19.6 Å². The highest BCUT2D eigenvalue weighted by Crippen LogP contribution is 2.20. The van der Waals surface area contributed by atoms with E-state index in [1.54, 1.807) is 4.68 Å². The first-order chi connectivity index (χ1) is 9.40. The highest BCUT2D eigenvalue weighted by atomic mass is 79.9. The molecule has 0 N–H and O–H groups in total. The number of nitro groups is 1. The normalized spacial score (nSPS) is 10.6. The van der Waals surface area contributed by atoms with E-state index in [4.69, 9.17) is 0 Å². The summed E-state index contributed by atoms with van der Waals surface area (Å²) >= 11 is 3.40. The van der Waals surface area contributed by atoms with Gasteiger partial charge in [-0.2, -0.15) is 5.10 Å². The molecule has 0 atom stereocenters. The molecule has 0 saturated carbocycles. The second-order valence-corrected chi connectivity index (χ2v) is 5.16. The third kappa shape index (κ3) is 2.77. The number of halogens is 1. The number of carbonyl (C=O) groups is 1. The number of nitrogens with zero attached hydrogens (tertiary/aromatic N) is 3. The maximum atomic E-state index is 12.1. The van der Waals surface area contributed by atoms with Crippen molar-refractivity contribution in [3.8, 4) is 0 Å². The van der Waals surface area contributed by atoms with E-state index in [2.05, 4.69) is 21.0 Å². The lowest BCUT2D eigenvalue weighted by molar-refractivity contribution is -0.384. The fraction of sp³-hybridized carbons (Fsp3) is 0.231. The number of benzene rings is 1. The molecule has 0 aliphatic carbocycles. The average molecular weight is 338 g/mol. The van der Waals surface area contributed by atoms with Crippen molar-refractivity contribution in [1.82, 2.24) is 9.78 Å². The molecule has 2 aromatic rings. The summed E-state index contributed by atoms with van der Waals surface area (Å²) in [4.78, 5) is 22.2. The maximum Gasteiger partial charge on any atom is 0.269 e. The van der Waals surface area contributed by atoms with Gasteiger partial charge in [-0.1, -0.05) is 0 Å². The Morgan fingerprint density at radius 1 is 1.35 bits per heavy atom. The smallest absolute Gasteiger partial charge is 0.269 e. The van der Waals surface area contributed by atoms with Crippen LogP contribution in [-0.2, 0) is 6.54 Å². The van der Waals surface area contributed by atoms with Gasteiger partial charge in [0, 0.05) is 17.7 Å². The van der Waals surface area contributed by atoms with Gasteiger partial charge in [-0.25, -0.2) is 0 Å². The topological polar surface area (TPSA) is 78.0 Å². The van der Waals surface area contributed by atoms with E-state index in [1.165, 1.54) is 24.3 Å². The van der Waals surface area contributed by atoms with E-state index >= 15 is 0 Å². The Bertz CT molecular complexity index is 677. The molecule has 104 valence electrons. The van der Waals surface area contributed by atoms with E-state index in [9.17, 15) is 14.9 Å². The standard InChI is InChI=1S/C13H12BrN3O3/c1-8-13(14)9(2)16(15-8)7-12(18)10-3-5-11(6-4-10)17(19)20/h3-6H,7H2,1-2H3. The van der Waals surface area contributed by atoms with Crippen LogP contribution in [0.3, 0.4) is 0 Å². The molecular formula is C13H12BrN3O3. The van der Waals surface area contributed by atoms with Crippen LogP contribution in [-0.4, -0.2) is 20.5 Å². The number of hydrogen-bond acceptors (Lipinski definition) is 4. The van der Waals surface area contributed by atoms with Crippen molar-refractivity contribution in [2.45, 2.75) is 20.4 Å². The summed E-state index contributed by atoms with van der Waals surface area (Å²) in [7, 11) is 0. The van der Waals surface area contributed by atoms with Gasteiger partial charge in [0.15, 0.2) is 5.78 Å². The molecule has 1 heterocycles.